The Morgan fingerprint density at radius 3 is 2.70 bits per heavy atom. The molecule has 2 aromatic rings. The summed E-state index contributed by atoms with van der Waals surface area (Å²) in [5, 5.41) is 0. The minimum absolute atomic E-state index is 0.0616. The Morgan fingerprint density at radius 1 is 1.20 bits per heavy atom. The van der Waals surface area contributed by atoms with Gasteiger partial charge in [0.25, 0.3) is 0 Å². The van der Waals surface area contributed by atoms with Gasteiger partial charge in [0.05, 0.1) is 5.56 Å². The fraction of sp³-hybridized carbons (Fsp3) is 0.391. The van der Waals surface area contributed by atoms with Gasteiger partial charge in [-0.3, -0.25) is 4.79 Å². The van der Waals surface area contributed by atoms with Gasteiger partial charge in [0, 0.05) is 37.4 Å². The maximum atomic E-state index is 14.4. The summed E-state index contributed by atoms with van der Waals surface area (Å²) in [4.78, 5) is 14.9. The summed E-state index contributed by atoms with van der Waals surface area (Å²) in [5.41, 5.74) is 0.571. The fourth-order valence-electron chi connectivity index (χ4n) is 4.35. The van der Waals surface area contributed by atoms with E-state index in [2.05, 4.69) is 4.40 Å². The van der Waals surface area contributed by atoms with E-state index in [9.17, 15) is 18.0 Å². The van der Waals surface area contributed by atoms with Crippen LogP contribution in [0.5, 0.6) is 0 Å². The highest BCUT2D eigenvalue weighted by Crippen LogP contribution is 2.52. The lowest BCUT2D eigenvalue weighted by atomic mass is 9.94. The van der Waals surface area contributed by atoms with Gasteiger partial charge in [0.15, 0.2) is 0 Å². The van der Waals surface area contributed by atoms with Gasteiger partial charge in [-0.05, 0) is 72.5 Å². The molecule has 0 aromatic heterocycles. The molecular formula is C23H23F3N2OS. The van der Waals surface area contributed by atoms with Crippen LogP contribution in [-0.2, 0) is 4.79 Å². The van der Waals surface area contributed by atoms with Crippen LogP contribution in [0.3, 0.4) is 0 Å². The molecule has 0 spiro atoms. The van der Waals surface area contributed by atoms with Crippen molar-refractivity contribution in [2.45, 2.75) is 25.2 Å². The van der Waals surface area contributed by atoms with E-state index in [1.165, 1.54) is 24.1 Å². The lowest BCUT2D eigenvalue weighted by molar-refractivity contribution is -0.134. The predicted octanol–water partition coefficient (Wildman–Crippen LogP) is 5.46. The molecule has 0 radical (unpaired) electrons. The second-order valence-electron chi connectivity index (χ2n) is 7.90. The van der Waals surface area contributed by atoms with E-state index in [0.717, 1.165) is 31.0 Å². The average Bonchev–Trinajstić information content (AvgIpc) is 3.52. The van der Waals surface area contributed by atoms with Crippen molar-refractivity contribution in [3.8, 4) is 11.1 Å². The minimum Gasteiger partial charge on any atom is -0.342 e. The third-order valence-electron chi connectivity index (χ3n) is 5.90. The quantitative estimate of drug-likeness (QED) is 0.464. The van der Waals surface area contributed by atoms with Gasteiger partial charge < -0.3 is 4.90 Å². The molecule has 1 aliphatic heterocycles. The van der Waals surface area contributed by atoms with Crippen LogP contribution in [0.15, 0.2) is 40.8 Å². The first kappa shape index (κ1) is 21.0. The number of nitrogens with zero attached hydrogens (tertiary/aromatic N) is 2. The van der Waals surface area contributed by atoms with Gasteiger partial charge in [-0.15, -0.1) is 0 Å². The SMILES string of the molecule is CS/N=C/C1CCCN(C(=O)C2CC2c2ccc(F)cc2-c2c(F)cccc2F)C1. The van der Waals surface area contributed by atoms with Crippen LogP contribution in [0, 0.1) is 29.3 Å². The lowest BCUT2D eigenvalue weighted by Crippen LogP contribution is -2.41. The number of likely N-dealkylation sites (tertiary alicyclic amines) is 1. The van der Waals surface area contributed by atoms with E-state index < -0.39 is 17.5 Å². The third-order valence-corrected chi connectivity index (χ3v) is 6.23. The fourth-order valence-corrected chi connectivity index (χ4v) is 4.64. The van der Waals surface area contributed by atoms with Crippen molar-refractivity contribution in [3.05, 3.63) is 59.4 Å². The molecule has 3 unspecified atom stereocenters. The molecule has 158 valence electrons. The van der Waals surface area contributed by atoms with Gasteiger partial charge in [-0.1, -0.05) is 12.1 Å². The molecular weight excluding hydrogens is 409 g/mol. The Kier molecular flexibility index (Phi) is 6.18. The van der Waals surface area contributed by atoms with Crippen molar-refractivity contribution in [3.63, 3.8) is 0 Å². The summed E-state index contributed by atoms with van der Waals surface area (Å²) in [6.07, 6.45) is 6.35. The molecule has 7 heteroatoms. The Labute approximate surface area is 178 Å². The molecule has 0 bridgehead atoms. The first-order valence-corrected chi connectivity index (χ1v) is 11.3. The van der Waals surface area contributed by atoms with Gasteiger partial charge in [-0.2, -0.15) is 0 Å². The Morgan fingerprint density at radius 2 is 1.97 bits per heavy atom. The molecule has 3 atom stereocenters. The predicted molar refractivity (Wildman–Crippen MR) is 114 cm³/mol. The monoisotopic (exact) mass is 432 g/mol. The highest BCUT2D eigenvalue weighted by molar-refractivity contribution is 7.97. The van der Waals surface area contributed by atoms with Crippen molar-refractivity contribution in [2.24, 2.45) is 16.2 Å². The minimum atomic E-state index is -0.739. The highest BCUT2D eigenvalue weighted by Gasteiger charge is 2.47. The van der Waals surface area contributed by atoms with E-state index in [4.69, 9.17) is 0 Å². The number of hydrogen-bond donors (Lipinski definition) is 0. The van der Waals surface area contributed by atoms with Crippen LogP contribution in [0.1, 0.15) is 30.7 Å². The average molecular weight is 433 g/mol. The smallest absolute Gasteiger partial charge is 0.226 e. The van der Waals surface area contributed by atoms with Crippen LogP contribution < -0.4 is 0 Å². The second-order valence-corrected chi connectivity index (χ2v) is 8.48. The Balaban J connectivity index is 1.56. The van der Waals surface area contributed by atoms with E-state index >= 15 is 0 Å². The van der Waals surface area contributed by atoms with Crippen molar-refractivity contribution in [2.75, 3.05) is 19.3 Å². The van der Waals surface area contributed by atoms with Crippen molar-refractivity contribution >= 4 is 24.1 Å². The van der Waals surface area contributed by atoms with Gasteiger partial charge in [-0.25, -0.2) is 17.6 Å². The molecule has 2 fully saturated rings. The maximum absolute atomic E-state index is 14.4. The molecule has 3 nitrogen and oxygen atoms in total. The summed E-state index contributed by atoms with van der Waals surface area (Å²) in [7, 11) is 0. The van der Waals surface area contributed by atoms with Crippen LogP contribution in [0.2, 0.25) is 0 Å². The van der Waals surface area contributed by atoms with Gasteiger partial charge in [0.2, 0.25) is 5.91 Å². The number of benzene rings is 2. The summed E-state index contributed by atoms with van der Waals surface area (Å²) in [5.74, 6) is -2.12. The van der Waals surface area contributed by atoms with Gasteiger partial charge in [0.1, 0.15) is 17.5 Å². The molecule has 2 aromatic carbocycles. The number of piperidine rings is 1. The highest BCUT2D eigenvalue weighted by atomic mass is 32.2. The second kappa shape index (κ2) is 8.84. The maximum Gasteiger partial charge on any atom is 0.226 e. The number of carbonyl (C=O) groups excluding carboxylic acids is 1. The summed E-state index contributed by atoms with van der Waals surface area (Å²) < 4.78 is 46.9. The van der Waals surface area contributed by atoms with Crippen molar-refractivity contribution < 1.29 is 18.0 Å². The van der Waals surface area contributed by atoms with Crippen LogP contribution in [-0.4, -0.2) is 36.4 Å². The van der Waals surface area contributed by atoms with Crippen LogP contribution in [0.25, 0.3) is 11.1 Å². The summed E-state index contributed by atoms with van der Waals surface area (Å²) in [6, 6.07) is 7.60. The van der Waals surface area contributed by atoms with E-state index in [-0.39, 0.29) is 34.8 Å². The van der Waals surface area contributed by atoms with Crippen LogP contribution in [0.4, 0.5) is 13.2 Å². The van der Waals surface area contributed by atoms with E-state index in [1.807, 2.05) is 17.4 Å². The number of halogens is 3. The summed E-state index contributed by atoms with van der Waals surface area (Å²) >= 11 is 1.40. The van der Waals surface area contributed by atoms with Gasteiger partial charge >= 0.3 is 0 Å². The largest absolute Gasteiger partial charge is 0.342 e. The number of carbonyl (C=O) groups is 1. The Bertz CT molecular complexity index is 961. The molecule has 1 saturated heterocycles. The first-order valence-electron chi connectivity index (χ1n) is 10.1. The molecule has 4 rings (SSSR count). The Hall–Kier alpha value is -2.28. The topological polar surface area (TPSA) is 32.7 Å². The molecule has 30 heavy (non-hydrogen) atoms. The normalized spacial score (nSPS) is 23.7. The van der Waals surface area contributed by atoms with Crippen molar-refractivity contribution in [1.82, 2.24) is 4.90 Å². The summed E-state index contributed by atoms with van der Waals surface area (Å²) in [6.45, 7) is 1.36. The van der Waals surface area contributed by atoms with E-state index in [0.29, 0.717) is 25.1 Å². The zero-order valence-corrected chi connectivity index (χ0v) is 17.5. The molecule has 1 amide bonds. The molecule has 1 heterocycles. The molecule has 1 aliphatic carbocycles. The zero-order valence-electron chi connectivity index (χ0n) is 16.7. The first-order chi connectivity index (χ1) is 14.5. The number of amides is 1. The van der Waals surface area contributed by atoms with E-state index in [1.54, 1.807) is 6.07 Å². The number of hydrogen-bond acceptors (Lipinski definition) is 3. The molecule has 2 aliphatic rings. The lowest BCUT2D eigenvalue weighted by Gasteiger charge is -2.31. The number of rotatable bonds is 5. The van der Waals surface area contributed by atoms with Crippen molar-refractivity contribution in [1.29, 1.82) is 0 Å². The standard InChI is InChI=1S/C23H23F3N2OS/c1-30-27-12-14-4-3-9-28(13-14)23(29)19-11-17(19)16-8-7-15(24)10-18(16)22-20(25)5-2-6-21(22)26/h2,5-8,10,12,14,17,19H,3-4,9,11,13H2,1H3/b27-12+. The third kappa shape index (κ3) is 4.26. The molecule has 1 saturated carbocycles. The van der Waals surface area contributed by atoms with Crippen LogP contribution >= 0.6 is 11.9 Å². The zero-order chi connectivity index (χ0) is 21.3. The molecule has 0 N–H and O–H groups in total.